The largest absolute Gasteiger partial charge is 0.484 e. The molecule has 0 aliphatic rings. The number of benzene rings is 1. The number of hydrogen-bond donors (Lipinski definition) is 1. The minimum absolute atomic E-state index is 0.0132. The molecule has 0 amide bonds. The number of nitro groups is 1. The maximum absolute atomic E-state index is 11.4. The Bertz CT molecular complexity index is 499. The zero-order valence-electron chi connectivity index (χ0n) is 13.6. The van der Waals surface area contributed by atoms with E-state index in [9.17, 15) is 10.1 Å². The van der Waals surface area contributed by atoms with Crippen molar-refractivity contribution >= 4 is 11.4 Å². The third kappa shape index (κ3) is 4.60. The lowest BCUT2D eigenvalue weighted by Gasteiger charge is -2.33. The molecule has 0 aliphatic carbocycles. The van der Waals surface area contributed by atoms with Crippen LogP contribution in [0.4, 0.5) is 11.4 Å². The molecule has 6 nitrogen and oxygen atoms in total. The average Bonchev–Trinajstić information content (AvgIpc) is 2.35. The molecule has 21 heavy (non-hydrogen) atoms. The smallest absolute Gasteiger partial charge is 0.333 e. The van der Waals surface area contributed by atoms with E-state index in [-0.39, 0.29) is 17.3 Å². The third-order valence-corrected chi connectivity index (χ3v) is 3.47. The number of nitro benzene ring substituents is 1. The van der Waals surface area contributed by atoms with Gasteiger partial charge in [-0.3, -0.25) is 10.1 Å². The number of para-hydroxylation sites is 1. The van der Waals surface area contributed by atoms with Gasteiger partial charge < -0.3 is 15.0 Å². The average molecular weight is 295 g/mol. The lowest BCUT2D eigenvalue weighted by atomic mass is 10.0. The second kappa shape index (κ2) is 6.76. The van der Waals surface area contributed by atoms with Crippen LogP contribution < -0.4 is 10.1 Å². The Kier molecular flexibility index (Phi) is 5.54. The maximum atomic E-state index is 11.4. The van der Waals surface area contributed by atoms with E-state index in [1.54, 1.807) is 18.2 Å². The Morgan fingerprint density at radius 3 is 2.48 bits per heavy atom. The van der Waals surface area contributed by atoms with E-state index in [1.807, 2.05) is 27.9 Å². The van der Waals surface area contributed by atoms with Gasteiger partial charge in [-0.15, -0.1) is 0 Å². The zero-order valence-corrected chi connectivity index (χ0v) is 13.6. The molecule has 1 aromatic rings. The lowest BCUT2D eigenvalue weighted by Crippen LogP contribution is -2.44. The molecule has 0 fully saturated rings. The normalized spacial score (nSPS) is 11.8. The van der Waals surface area contributed by atoms with Gasteiger partial charge in [-0.1, -0.05) is 6.07 Å². The van der Waals surface area contributed by atoms with Gasteiger partial charge in [0.1, 0.15) is 5.69 Å². The van der Waals surface area contributed by atoms with Gasteiger partial charge in [-0.05, 0) is 53.9 Å². The molecule has 1 aromatic carbocycles. The first-order valence-corrected chi connectivity index (χ1v) is 7.00. The van der Waals surface area contributed by atoms with Gasteiger partial charge in [0, 0.05) is 12.1 Å². The van der Waals surface area contributed by atoms with Crippen LogP contribution in [0.25, 0.3) is 0 Å². The van der Waals surface area contributed by atoms with Gasteiger partial charge in [0.2, 0.25) is 0 Å². The van der Waals surface area contributed by atoms with Crippen LogP contribution in [-0.2, 0) is 0 Å². The summed E-state index contributed by atoms with van der Waals surface area (Å²) in [6.45, 7) is 8.42. The number of hydrogen-bond acceptors (Lipinski definition) is 5. The molecule has 0 heterocycles. The number of anilines is 1. The molecule has 0 aliphatic heterocycles. The van der Waals surface area contributed by atoms with Crippen LogP contribution in [0, 0.1) is 10.1 Å². The van der Waals surface area contributed by atoms with E-state index in [2.05, 4.69) is 24.1 Å². The molecule has 6 heteroatoms. The Morgan fingerprint density at radius 1 is 1.38 bits per heavy atom. The van der Waals surface area contributed by atoms with Crippen LogP contribution >= 0.6 is 0 Å². The number of ether oxygens (including phenoxy) is 1. The molecule has 118 valence electrons. The van der Waals surface area contributed by atoms with Gasteiger partial charge in [0.15, 0.2) is 5.75 Å². The molecule has 0 saturated heterocycles. The van der Waals surface area contributed by atoms with Crippen LogP contribution in [-0.4, -0.2) is 42.1 Å². The fourth-order valence-electron chi connectivity index (χ4n) is 1.67. The van der Waals surface area contributed by atoms with Crippen LogP contribution in [0.1, 0.15) is 27.7 Å². The van der Waals surface area contributed by atoms with Crippen LogP contribution in [0.2, 0.25) is 0 Å². The summed E-state index contributed by atoms with van der Waals surface area (Å²) in [5, 5.41) is 14.5. The van der Waals surface area contributed by atoms with E-state index < -0.39 is 4.92 Å². The molecule has 0 aromatic heterocycles. The topological polar surface area (TPSA) is 67.6 Å². The number of nitrogens with one attached hydrogen (secondary N) is 1. The minimum Gasteiger partial charge on any atom is -0.484 e. The highest BCUT2D eigenvalue weighted by molar-refractivity contribution is 5.68. The molecule has 1 N–H and O–H groups in total. The summed E-state index contributed by atoms with van der Waals surface area (Å²) in [7, 11) is 3.96. The monoisotopic (exact) mass is 295 g/mol. The van der Waals surface area contributed by atoms with Gasteiger partial charge in [-0.25, -0.2) is 0 Å². The van der Waals surface area contributed by atoms with E-state index in [4.69, 9.17) is 4.74 Å². The first kappa shape index (κ1) is 17.2. The van der Waals surface area contributed by atoms with Crippen LogP contribution in [0.3, 0.4) is 0 Å². The molecule has 1 rings (SSSR count). The summed E-state index contributed by atoms with van der Waals surface area (Å²) < 4.78 is 5.53. The van der Waals surface area contributed by atoms with Crippen molar-refractivity contribution < 1.29 is 9.66 Å². The van der Waals surface area contributed by atoms with E-state index in [0.717, 1.165) is 0 Å². The molecule has 0 saturated carbocycles. The van der Waals surface area contributed by atoms with Crippen molar-refractivity contribution in [2.24, 2.45) is 0 Å². The standard InChI is InChI=1S/C15H25N3O3/c1-11(2)21-13-9-7-8-12(14(13)18(19)20)16-10-15(3,4)17(5)6/h7-9,11,16H,10H2,1-6H3. The lowest BCUT2D eigenvalue weighted by molar-refractivity contribution is -0.385. The Balaban J connectivity index is 3.04. The van der Waals surface area contributed by atoms with Crippen molar-refractivity contribution in [1.82, 2.24) is 4.90 Å². The highest BCUT2D eigenvalue weighted by Gasteiger charge is 2.25. The van der Waals surface area contributed by atoms with Crippen molar-refractivity contribution in [3.05, 3.63) is 28.3 Å². The van der Waals surface area contributed by atoms with Crippen molar-refractivity contribution in [2.45, 2.75) is 39.3 Å². The Hall–Kier alpha value is -1.82. The van der Waals surface area contributed by atoms with Crippen molar-refractivity contribution in [2.75, 3.05) is 26.0 Å². The number of rotatable bonds is 7. The molecule has 0 spiro atoms. The first-order chi connectivity index (χ1) is 9.65. The zero-order chi connectivity index (χ0) is 16.2. The highest BCUT2D eigenvalue weighted by Crippen LogP contribution is 2.35. The van der Waals surface area contributed by atoms with Gasteiger partial charge in [0.05, 0.1) is 11.0 Å². The molecule has 0 unspecified atom stereocenters. The van der Waals surface area contributed by atoms with E-state index >= 15 is 0 Å². The summed E-state index contributed by atoms with van der Waals surface area (Å²) in [6.07, 6.45) is -0.114. The fraction of sp³-hybridized carbons (Fsp3) is 0.600. The highest BCUT2D eigenvalue weighted by atomic mass is 16.6. The summed E-state index contributed by atoms with van der Waals surface area (Å²) in [5.41, 5.74) is 0.344. The Labute approximate surface area is 126 Å². The minimum atomic E-state index is -0.400. The van der Waals surface area contributed by atoms with E-state index in [1.165, 1.54) is 0 Å². The van der Waals surface area contributed by atoms with Crippen molar-refractivity contribution in [3.8, 4) is 5.75 Å². The number of likely N-dealkylation sites (N-methyl/N-ethyl adjacent to an activating group) is 1. The predicted molar refractivity (Wildman–Crippen MR) is 85.1 cm³/mol. The second-order valence-electron chi connectivity index (χ2n) is 6.14. The maximum Gasteiger partial charge on any atom is 0.333 e. The summed E-state index contributed by atoms with van der Waals surface area (Å²) in [4.78, 5) is 13.0. The van der Waals surface area contributed by atoms with Crippen LogP contribution in [0.5, 0.6) is 5.75 Å². The van der Waals surface area contributed by atoms with Crippen molar-refractivity contribution in [1.29, 1.82) is 0 Å². The Morgan fingerprint density at radius 2 is 2.00 bits per heavy atom. The molecular formula is C15H25N3O3. The molecule has 0 atom stereocenters. The molecular weight excluding hydrogens is 270 g/mol. The second-order valence-corrected chi connectivity index (χ2v) is 6.14. The fourth-order valence-corrected chi connectivity index (χ4v) is 1.67. The van der Waals surface area contributed by atoms with Crippen LogP contribution in [0.15, 0.2) is 18.2 Å². The number of nitrogens with zero attached hydrogens (tertiary/aromatic N) is 2. The third-order valence-electron chi connectivity index (χ3n) is 3.47. The summed E-state index contributed by atoms with van der Waals surface area (Å²) in [5.74, 6) is 0.294. The van der Waals surface area contributed by atoms with E-state index in [0.29, 0.717) is 18.0 Å². The summed E-state index contributed by atoms with van der Waals surface area (Å²) in [6, 6.07) is 5.09. The summed E-state index contributed by atoms with van der Waals surface area (Å²) >= 11 is 0. The molecule has 0 radical (unpaired) electrons. The van der Waals surface area contributed by atoms with Crippen molar-refractivity contribution in [3.63, 3.8) is 0 Å². The SMILES string of the molecule is CC(C)Oc1cccc(NCC(C)(C)N(C)C)c1[N+](=O)[O-]. The molecule has 0 bridgehead atoms. The quantitative estimate of drug-likeness (QED) is 0.618. The van der Waals surface area contributed by atoms with Gasteiger partial charge in [0.25, 0.3) is 0 Å². The van der Waals surface area contributed by atoms with Gasteiger partial charge in [-0.2, -0.15) is 0 Å². The predicted octanol–water partition coefficient (Wildman–Crippen LogP) is 3.13. The van der Waals surface area contributed by atoms with Gasteiger partial charge >= 0.3 is 5.69 Å². The first-order valence-electron chi connectivity index (χ1n) is 7.00.